The number of rotatable bonds is 5. The highest BCUT2D eigenvalue weighted by Gasteiger charge is 2.36. The molecule has 3 rings (SSSR count). The predicted molar refractivity (Wildman–Crippen MR) is 99.8 cm³/mol. The summed E-state index contributed by atoms with van der Waals surface area (Å²) in [6.07, 6.45) is -4.50. The lowest BCUT2D eigenvalue weighted by atomic mass is 10.0. The third-order valence-electron chi connectivity index (χ3n) is 4.93. The quantitative estimate of drug-likeness (QED) is 0.840. The molecule has 0 aliphatic carbocycles. The van der Waals surface area contributed by atoms with Crippen molar-refractivity contribution in [2.24, 2.45) is 5.92 Å². The minimum absolute atomic E-state index is 0.0121. The van der Waals surface area contributed by atoms with Gasteiger partial charge in [-0.05, 0) is 29.7 Å². The third kappa shape index (κ3) is 4.52. The number of carbonyl (C=O) groups excluding carboxylic acids is 2. The number of nitrogens with zero attached hydrogens (tertiary/aromatic N) is 1. The average molecular weight is 390 g/mol. The van der Waals surface area contributed by atoms with Gasteiger partial charge in [-0.1, -0.05) is 43.3 Å². The molecule has 1 saturated heterocycles. The van der Waals surface area contributed by atoms with E-state index in [1.54, 1.807) is 0 Å². The van der Waals surface area contributed by atoms with Gasteiger partial charge in [-0.2, -0.15) is 13.2 Å². The summed E-state index contributed by atoms with van der Waals surface area (Å²) in [7, 11) is 0. The van der Waals surface area contributed by atoms with E-state index in [1.807, 2.05) is 37.3 Å². The maximum atomic E-state index is 12.9. The maximum absolute atomic E-state index is 12.9. The predicted octanol–water partition coefficient (Wildman–Crippen LogP) is 3.98. The first-order valence-corrected chi connectivity index (χ1v) is 9.06. The van der Waals surface area contributed by atoms with Crippen LogP contribution in [0.5, 0.6) is 0 Å². The van der Waals surface area contributed by atoms with Crippen molar-refractivity contribution >= 4 is 17.5 Å². The minimum Gasteiger partial charge on any atom is -0.355 e. The van der Waals surface area contributed by atoms with Gasteiger partial charge in [0, 0.05) is 25.2 Å². The Balaban J connectivity index is 1.62. The Hall–Kier alpha value is -2.83. The summed E-state index contributed by atoms with van der Waals surface area (Å²) >= 11 is 0. The number of anilines is 1. The Morgan fingerprint density at radius 3 is 2.57 bits per heavy atom. The van der Waals surface area contributed by atoms with Crippen molar-refractivity contribution in [2.75, 3.05) is 18.0 Å². The van der Waals surface area contributed by atoms with Gasteiger partial charge in [-0.15, -0.1) is 0 Å². The van der Waals surface area contributed by atoms with E-state index in [0.29, 0.717) is 6.54 Å². The number of hydrogen-bond acceptors (Lipinski definition) is 2. The molecule has 0 saturated carbocycles. The number of alkyl halides is 3. The molecule has 0 unspecified atom stereocenters. The smallest absolute Gasteiger partial charge is 0.355 e. The summed E-state index contributed by atoms with van der Waals surface area (Å²) < 4.78 is 38.7. The monoisotopic (exact) mass is 390 g/mol. The van der Waals surface area contributed by atoms with Gasteiger partial charge in [0.15, 0.2) is 0 Å². The maximum Gasteiger partial charge on any atom is 0.416 e. The summed E-state index contributed by atoms with van der Waals surface area (Å²) in [4.78, 5) is 26.0. The second-order valence-electron chi connectivity index (χ2n) is 7.01. The normalized spacial score (nSPS) is 18.2. The fraction of sp³-hybridized carbons (Fsp3) is 0.333. The average Bonchev–Trinajstić information content (AvgIpc) is 3.08. The van der Waals surface area contributed by atoms with E-state index in [-0.39, 0.29) is 36.4 Å². The first-order valence-electron chi connectivity index (χ1n) is 9.06. The Morgan fingerprint density at radius 1 is 1.18 bits per heavy atom. The lowest BCUT2D eigenvalue weighted by Gasteiger charge is -2.19. The zero-order valence-corrected chi connectivity index (χ0v) is 15.4. The van der Waals surface area contributed by atoms with Crippen LogP contribution in [0, 0.1) is 5.92 Å². The number of nitrogens with one attached hydrogen (secondary N) is 1. The highest BCUT2D eigenvalue weighted by molar-refractivity contribution is 6.00. The van der Waals surface area contributed by atoms with Crippen molar-refractivity contribution in [2.45, 2.75) is 25.4 Å². The van der Waals surface area contributed by atoms with E-state index >= 15 is 0 Å². The zero-order valence-electron chi connectivity index (χ0n) is 15.4. The van der Waals surface area contributed by atoms with Gasteiger partial charge in [-0.25, -0.2) is 0 Å². The summed E-state index contributed by atoms with van der Waals surface area (Å²) in [6, 6.07) is 14.3. The molecule has 1 N–H and O–H groups in total. The van der Waals surface area contributed by atoms with Crippen molar-refractivity contribution in [1.29, 1.82) is 0 Å². The Labute approximate surface area is 161 Å². The number of hydrogen-bond donors (Lipinski definition) is 1. The van der Waals surface area contributed by atoms with Crippen LogP contribution in [-0.4, -0.2) is 24.9 Å². The fourth-order valence-electron chi connectivity index (χ4n) is 3.28. The summed E-state index contributed by atoms with van der Waals surface area (Å²) in [5.74, 6) is -1.08. The molecule has 148 valence electrons. The van der Waals surface area contributed by atoms with Crippen molar-refractivity contribution in [1.82, 2.24) is 5.32 Å². The van der Waals surface area contributed by atoms with Crippen molar-refractivity contribution in [3.05, 3.63) is 65.7 Å². The Kier molecular flexibility index (Phi) is 5.72. The van der Waals surface area contributed by atoms with E-state index in [1.165, 1.54) is 17.0 Å². The number of halogens is 3. The van der Waals surface area contributed by atoms with Crippen LogP contribution in [0.3, 0.4) is 0 Å². The van der Waals surface area contributed by atoms with E-state index in [2.05, 4.69) is 5.32 Å². The van der Waals surface area contributed by atoms with Gasteiger partial charge in [0.25, 0.3) is 0 Å². The number of carbonyl (C=O) groups is 2. The zero-order chi connectivity index (χ0) is 20.3. The van der Waals surface area contributed by atoms with E-state index in [4.69, 9.17) is 0 Å². The van der Waals surface area contributed by atoms with Crippen molar-refractivity contribution < 1.29 is 22.8 Å². The summed E-state index contributed by atoms with van der Waals surface area (Å²) in [6.45, 7) is 2.49. The second-order valence-corrected chi connectivity index (χ2v) is 7.01. The van der Waals surface area contributed by atoms with Gasteiger partial charge in [-0.3, -0.25) is 9.59 Å². The van der Waals surface area contributed by atoms with Crippen molar-refractivity contribution in [3.63, 3.8) is 0 Å². The molecule has 28 heavy (non-hydrogen) atoms. The molecule has 2 atom stereocenters. The lowest BCUT2D eigenvalue weighted by molar-refractivity contribution is -0.137. The molecule has 2 amide bonds. The van der Waals surface area contributed by atoms with E-state index in [9.17, 15) is 22.8 Å². The molecule has 0 radical (unpaired) electrons. The molecule has 1 aliphatic heterocycles. The molecule has 0 bridgehead atoms. The summed E-state index contributed by atoms with van der Waals surface area (Å²) in [5, 5.41) is 2.85. The van der Waals surface area contributed by atoms with Gasteiger partial charge < -0.3 is 10.2 Å². The van der Waals surface area contributed by atoms with Crippen LogP contribution < -0.4 is 10.2 Å². The lowest BCUT2D eigenvalue weighted by Crippen LogP contribution is -2.35. The molecule has 0 spiro atoms. The molecule has 1 heterocycles. The minimum atomic E-state index is -4.48. The first kappa shape index (κ1) is 19.9. The molecule has 2 aromatic rings. The van der Waals surface area contributed by atoms with Crippen LogP contribution >= 0.6 is 0 Å². The summed E-state index contributed by atoms with van der Waals surface area (Å²) in [5.41, 5.74) is 0.436. The van der Waals surface area contributed by atoms with Gasteiger partial charge in [0.2, 0.25) is 11.8 Å². The van der Waals surface area contributed by atoms with Crippen LogP contribution in [-0.2, 0) is 15.8 Å². The third-order valence-corrected chi connectivity index (χ3v) is 4.93. The molecular weight excluding hydrogens is 369 g/mol. The first-order chi connectivity index (χ1) is 13.3. The second kappa shape index (κ2) is 8.04. The largest absolute Gasteiger partial charge is 0.416 e. The molecular formula is C21H21F3N2O2. The van der Waals surface area contributed by atoms with Crippen LogP contribution in [0.25, 0.3) is 0 Å². The SMILES string of the molecule is C[C@H](CNC(=O)[C@@H]1CC(=O)N(c2cccc(C(F)(F)F)c2)C1)c1ccccc1. The van der Waals surface area contributed by atoms with Crippen LogP contribution in [0.2, 0.25) is 0 Å². The molecule has 1 aliphatic rings. The number of amides is 2. The fourth-order valence-corrected chi connectivity index (χ4v) is 3.28. The van der Waals surface area contributed by atoms with Gasteiger partial charge >= 0.3 is 6.18 Å². The van der Waals surface area contributed by atoms with Crippen LogP contribution in [0.1, 0.15) is 30.4 Å². The topological polar surface area (TPSA) is 49.4 Å². The number of benzene rings is 2. The van der Waals surface area contributed by atoms with Gasteiger partial charge in [0.05, 0.1) is 11.5 Å². The highest BCUT2D eigenvalue weighted by atomic mass is 19.4. The van der Waals surface area contributed by atoms with Crippen LogP contribution in [0.15, 0.2) is 54.6 Å². The molecule has 2 aromatic carbocycles. The molecule has 1 fully saturated rings. The van der Waals surface area contributed by atoms with Gasteiger partial charge in [0.1, 0.15) is 0 Å². The molecule has 4 nitrogen and oxygen atoms in total. The van der Waals surface area contributed by atoms with E-state index in [0.717, 1.165) is 17.7 Å². The Bertz CT molecular complexity index is 852. The van der Waals surface area contributed by atoms with Crippen LogP contribution in [0.4, 0.5) is 18.9 Å². The molecule has 0 aromatic heterocycles. The standard InChI is InChI=1S/C21H21F3N2O2/c1-14(15-6-3-2-4-7-15)12-25-20(28)16-10-19(27)26(13-16)18-9-5-8-17(11-18)21(22,23)24/h2-9,11,14,16H,10,12-13H2,1H3,(H,25,28)/t14-,16-/m1/s1. The molecule has 7 heteroatoms. The van der Waals surface area contributed by atoms with Crippen molar-refractivity contribution in [3.8, 4) is 0 Å². The highest BCUT2D eigenvalue weighted by Crippen LogP contribution is 2.33. The van der Waals surface area contributed by atoms with E-state index < -0.39 is 17.7 Å². The Morgan fingerprint density at radius 2 is 1.89 bits per heavy atom.